The maximum Gasteiger partial charge on any atom is 0.293 e. The minimum atomic E-state index is -0.341. The van der Waals surface area contributed by atoms with Crippen LogP contribution in [0.2, 0.25) is 0 Å². The van der Waals surface area contributed by atoms with E-state index in [1.807, 2.05) is 34.7 Å². The summed E-state index contributed by atoms with van der Waals surface area (Å²) in [6.07, 6.45) is 2.80. The van der Waals surface area contributed by atoms with Gasteiger partial charge in [0, 0.05) is 18.8 Å². The van der Waals surface area contributed by atoms with E-state index in [1.54, 1.807) is 6.20 Å². The lowest BCUT2D eigenvalue weighted by molar-refractivity contribution is -0.138. The molecular formula is C15H20FN3O2S. The molecule has 120 valence electrons. The first kappa shape index (κ1) is 18.0. The molecule has 0 bridgehead atoms. The van der Waals surface area contributed by atoms with Crippen LogP contribution in [0.5, 0.6) is 0 Å². The molecule has 0 saturated heterocycles. The molecular weight excluding hydrogens is 305 g/mol. The predicted octanol–water partition coefficient (Wildman–Crippen LogP) is 3.65. The van der Waals surface area contributed by atoms with Gasteiger partial charge in [-0.1, -0.05) is 11.3 Å². The summed E-state index contributed by atoms with van der Waals surface area (Å²) in [5.41, 5.74) is 1.31. The van der Waals surface area contributed by atoms with Gasteiger partial charge in [-0.3, -0.25) is 9.78 Å². The van der Waals surface area contributed by atoms with Crippen molar-refractivity contribution in [3.8, 4) is 10.6 Å². The van der Waals surface area contributed by atoms with Crippen LogP contribution in [0.25, 0.3) is 10.6 Å². The summed E-state index contributed by atoms with van der Waals surface area (Å²) in [7, 11) is 1.84. The number of hydrogen-bond acceptors (Lipinski definition) is 6. The lowest BCUT2D eigenvalue weighted by atomic mass is 10.2. The lowest BCUT2D eigenvalue weighted by Crippen LogP contribution is -2.17. The van der Waals surface area contributed by atoms with E-state index in [1.165, 1.54) is 23.6 Å². The van der Waals surface area contributed by atoms with E-state index in [0.717, 1.165) is 15.7 Å². The van der Waals surface area contributed by atoms with Gasteiger partial charge in [0.1, 0.15) is 21.4 Å². The normalized spacial score (nSPS) is 10.5. The molecule has 0 spiro atoms. The van der Waals surface area contributed by atoms with E-state index in [-0.39, 0.29) is 11.4 Å². The Morgan fingerprint density at radius 1 is 1.36 bits per heavy atom. The first-order valence-electron chi connectivity index (χ1n) is 6.64. The fourth-order valence-electron chi connectivity index (χ4n) is 1.43. The van der Waals surface area contributed by atoms with Gasteiger partial charge in [0.15, 0.2) is 0 Å². The second-order valence-corrected chi connectivity index (χ2v) is 6.40. The SMILES string of the molecule is CC(C)(C)OC=O.CNc1sc(-c2cncc(F)c2)nc1C. The van der Waals surface area contributed by atoms with Crippen LogP contribution >= 0.6 is 11.3 Å². The highest BCUT2D eigenvalue weighted by atomic mass is 32.1. The van der Waals surface area contributed by atoms with Gasteiger partial charge in [-0.25, -0.2) is 9.37 Å². The quantitative estimate of drug-likeness (QED) is 0.873. The first-order valence-corrected chi connectivity index (χ1v) is 7.46. The van der Waals surface area contributed by atoms with Crippen LogP contribution in [0.15, 0.2) is 18.5 Å². The van der Waals surface area contributed by atoms with Gasteiger partial charge in [-0.2, -0.15) is 0 Å². The predicted molar refractivity (Wildman–Crippen MR) is 86.5 cm³/mol. The van der Waals surface area contributed by atoms with E-state index in [2.05, 4.69) is 20.0 Å². The van der Waals surface area contributed by atoms with Gasteiger partial charge < -0.3 is 10.1 Å². The molecule has 0 atom stereocenters. The number of anilines is 1. The number of nitrogens with one attached hydrogen (secondary N) is 1. The molecule has 2 aromatic heterocycles. The molecule has 2 rings (SSSR count). The van der Waals surface area contributed by atoms with Crippen LogP contribution in [0, 0.1) is 12.7 Å². The zero-order valence-corrected chi connectivity index (χ0v) is 14.1. The summed E-state index contributed by atoms with van der Waals surface area (Å²) in [5.74, 6) is -0.341. The highest BCUT2D eigenvalue weighted by Gasteiger charge is 2.09. The molecule has 0 saturated carbocycles. The summed E-state index contributed by atoms with van der Waals surface area (Å²) in [4.78, 5) is 17.7. The number of carbonyl (C=O) groups is 1. The van der Waals surface area contributed by atoms with E-state index < -0.39 is 0 Å². The number of hydrogen-bond donors (Lipinski definition) is 1. The smallest absolute Gasteiger partial charge is 0.293 e. The van der Waals surface area contributed by atoms with Crippen LogP contribution < -0.4 is 5.32 Å². The van der Waals surface area contributed by atoms with Gasteiger partial charge >= 0.3 is 0 Å². The fraction of sp³-hybridized carbons (Fsp3) is 0.400. The molecule has 0 aliphatic carbocycles. The molecule has 7 heteroatoms. The Morgan fingerprint density at radius 3 is 2.45 bits per heavy atom. The molecule has 0 aliphatic heterocycles. The van der Waals surface area contributed by atoms with Gasteiger partial charge in [0.05, 0.1) is 11.9 Å². The summed E-state index contributed by atoms with van der Waals surface area (Å²) >= 11 is 1.49. The van der Waals surface area contributed by atoms with E-state index in [0.29, 0.717) is 12.0 Å². The summed E-state index contributed by atoms with van der Waals surface area (Å²) in [6, 6.07) is 1.44. The molecule has 0 fully saturated rings. The van der Waals surface area contributed by atoms with Gasteiger partial charge in [0.25, 0.3) is 6.47 Å². The van der Waals surface area contributed by atoms with Crippen LogP contribution in [0.3, 0.4) is 0 Å². The summed E-state index contributed by atoms with van der Waals surface area (Å²) in [5, 5.41) is 4.82. The Labute approximate surface area is 133 Å². The Morgan fingerprint density at radius 2 is 2.05 bits per heavy atom. The Balaban J connectivity index is 0.000000295. The third-order valence-corrected chi connectivity index (χ3v) is 3.60. The van der Waals surface area contributed by atoms with Crippen molar-refractivity contribution in [2.75, 3.05) is 12.4 Å². The minimum absolute atomic E-state index is 0.318. The largest absolute Gasteiger partial charge is 0.462 e. The summed E-state index contributed by atoms with van der Waals surface area (Å²) < 4.78 is 17.5. The number of rotatable bonds is 3. The number of aryl methyl sites for hydroxylation is 1. The summed E-state index contributed by atoms with van der Waals surface area (Å²) in [6.45, 7) is 7.84. The first-order chi connectivity index (χ1) is 10.3. The molecule has 0 aliphatic rings. The van der Waals surface area contributed by atoms with Crippen LogP contribution in [-0.4, -0.2) is 29.1 Å². The maximum atomic E-state index is 12.9. The van der Waals surface area contributed by atoms with E-state index in [9.17, 15) is 9.18 Å². The number of nitrogens with zero attached hydrogens (tertiary/aromatic N) is 2. The van der Waals surface area contributed by atoms with Crippen molar-refractivity contribution in [2.24, 2.45) is 0 Å². The van der Waals surface area contributed by atoms with Crippen molar-refractivity contribution < 1.29 is 13.9 Å². The number of thiazole rings is 1. The van der Waals surface area contributed by atoms with Crippen molar-refractivity contribution in [3.63, 3.8) is 0 Å². The van der Waals surface area contributed by atoms with Crippen molar-refractivity contribution in [1.29, 1.82) is 0 Å². The lowest BCUT2D eigenvalue weighted by Gasteiger charge is -2.14. The topological polar surface area (TPSA) is 64.1 Å². The number of pyridine rings is 1. The Kier molecular flexibility index (Phi) is 6.42. The highest BCUT2D eigenvalue weighted by molar-refractivity contribution is 7.19. The molecule has 22 heavy (non-hydrogen) atoms. The zero-order valence-electron chi connectivity index (χ0n) is 13.3. The van der Waals surface area contributed by atoms with Crippen molar-refractivity contribution in [2.45, 2.75) is 33.3 Å². The Bertz CT molecular complexity index is 623. The third kappa shape index (κ3) is 5.77. The minimum Gasteiger partial charge on any atom is -0.462 e. The monoisotopic (exact) mass is 325 g/mol. The molecule has 1 N–H and O–H groups in total. The third-order valence-electron chi connectivity index (χ3n) is 2.38. The number of aromatic nitrogens is 2. The fourth-order valence-corrected chi connectivity index (χ4v) is 2.33. The van der Waals surface area contributed by atoms with Crippen LogP contribution in [-0.2, 0) is 9.53 Å². The van der Waals surface area contributed by atoms with Crippen LogP contribution in [0.4, 0.5) is 9.39 Å². The van der Waals surface area contributed by atoms with Gasteiger partial charge in [0.2, 0.25) is 0 Å². The molecule has 0 amide bonds. The standard InChI is InChI=1S/C10H10FN3S.C5H10O2/c1-6-9(12-2)15-10(14-6)7-3-8(11)5-13-4-7;1-5(2,3)7-4-6/h3-5,12H,1-2H3;4H,1-3H3. The molecule has 0 unspecified atom stereocenters. The molecule has 0 aromatic carbocycles. The molecule has 0 radical (unpaired) electrons. The van der Waals surface area contributed by atoms with Gasteiger partial charge in [-0.15, -0.1) is 0 Å². The van der Waals surface area contributed by atoms with E-state index >= 15 is 0 Å². The van der Waals surface area contributed by atoms with Crippen molar-refractivity contribution >= 4 is 22.8 Å². The van der Waals surface area contributed by atoms with Crippen molar-refractivity contribution in [1.82, 2.24) is 9.97 Å². The van der Waals surface area contributed by atoms with E-state index in [4.69, 9.17) is 0 Å². The average Bonchev–Trinajstić information content (AvgIpc) is 2.79. The number of carbonyl (C=O) groups excluding carboxylic acids is 1. The Hall–Kier alpha value is -2.02. The number of ether oxygens (including phenoxy) is 1. The average molecular weight is 325 g/mol. The number of halogens is 1. The second kappa shape index (κ2) is 7.84. The highest BCUT2D eigenvalue weighted by Crippen LogP contribution is 2.30. The maximum absolute atomic E-state index is 12.9. The zero-order chi connectivity index (χ0) is 16.8. The van der Waals surface area contributed by atoms with Gasteiger partial charge in [-0.05, 0) is 33.8 Å². The van der Waals surface area contributed by atoms with Crippen LogP contribution in [0.1, 0.15) is 26.5 Å². The molecule has 2 heterocycles. The molecule has 5 nitrogen and oxygen atoms in total. The second-order valence-electron chi connectivity index (χ2n) is 5.40. The van der Waals surface area contributed by atoms with Crippen molar-refractivity contribution in [3.05, 3.63) is 30.0 Å². The molecule has 2 aromatic rings.